The van der Waals surface area contributed by atoms with Gasteiger partial charge < -0.3 is 4.90 Å². The van der Waals surface area contributed by atoms with Gasteiger partial charge >= 0.3 is 0 Å². The van der Waals surface area contributed by atoms with Gasteiger partial charge in [0.05, 0.1) is 0 Å². The number of nitrogens with zero attached hydrogens (tertiary/aromatic N) is 1. The van der Waals surface area contributed by atoms with Gasteiger partial charge in [-0.05, 0) is 18.6 Å². The lowest BCUT2D eigenvalue weighted by atomic mass is 10.1. The first-order valence-electron chi connectivity index (χ1n) is 5.49. The van der Waals surface area contributed by atoms with Crippen molar-refractivity contribution in [2.45, 2.75) is 11.8 Å². The Labute approximate surface area is 107 Å². The van der Waals surface area contributed by atoms with E-state index in [0.717, 1.165) is 11.1 Å². The monoisotopic (exact) mass is 265 g/mol. The highest BCUT2D eigenvalue weighted by Crippen LogP contribution is 2.32. The highest BCUT2D eigenvalue weighted by atomic mass is 32.2. The van der Waals surface area contributed by atoms with Gasteiger partial charge in [0.25, 0.3) is 10.1 Å². The fourth-order valence-electron chi connectivity index (χ4n) is 2.15. The van der Waals surface area contributed by atoms with Crippen LogP contribution in [0.1, 0.15) is 5.56 Å². The third-order valence-electron chi connectivity index (χ3n) is 2.93. The molecule has 0 bridgehead atoms. The van der Waals surface area contributed by atoms with E-state index < -0.39 is 10.1 Å². The molecule has 5 heteroatoms. The van der Waals surface area contributed by atoms with Crippen LogP contribution in [0.3, 0.4) is 0 Å². The zero-order valence-electron chi connectivity index (χ0n) is 10.5. The Morgan fingerprint density at radius 1 is 1.06 bits per heavy atom. The first-order chi connectivity index (χ1) is 8.32. The molecule has 0 unspecified atom stereocenters. The maximum Gasteiger partial charge on any atom is 0.295 e. The smallest absolute Gasteiger partial charge is 0.295 e. The molecule has 0 saturated carbocycles. The van der Waals surface area contributed by atoms with Crippen LogP contribution in [0.25, 0.3) is 10.8 Å². The van der Waals surface area contributed by atoms with Crippen LogP contribution < -0.4 is 4.90 Å². The second-order valence-electron chi connectivity index (χ2n) is 4.45. The zero-order chi connectivity index (χ0) is 13.5. The Morgan fingerprint density at radius 2 is 1.72 bits per heavy atom. The van der Waals surface area contributed by atoms with Gasteiger partial charge in [0, 0.05) is 30.6 Å². The minimum absolute atomic E-state index is 0.0105. The molecule has 0 fully saturated rings. The fraction of sp³-hybridized carbons (Fsp3) is 0.231. The normalized spacial score (nSPS) is 11.8. The van der Waals surface area contributed by atoms with Crippen molar-refractivity contribution in [3.05, 3.63) is 35.9 Å². The van der Waals surface area contributed by atoms with Gasteiger partial charge in [-0.15, -0.1) is 0 Å². The van der Waals surface area contributed by atoms with Gasteiger partial charge in [0.15, 0.2) is 0 Å². The van der Waals surface area contributed by atoms with Crippen molar-refractivity contribution >= 4 is 26.6 Å². The summed E-state index contributed by atoms with van der Waals surface area (Å²) in [6.45, 7) is 1.67. The number of rotatable bonds is 2. The summed E-state index contributed by atoms with van der Waals surface area (Å²) in [5, 5.41) is 1.35. The van der Waals surface area contributed by atoms with Crippen molar-refractivity contribution < 1.29 is 13.0 Å². The predicted molar refractivity (Wildman–Crippen MR) is 72.8 cm³/mol. The van der Waals surface area contributed by atoms with Gasteiger partial charge in [0.1, 0.15) is 4.90 Å². The summed E-state index contributed by atoms with van der Waals surface area (Å²) in [4.78, 5) is 1.90. The minimum atomic E-state index is -4.22. The van der Waals surface area contributed by atoms with Crippen LogP contribution >= 0.6 is 0 Å². The summed E-state index contributed by atoms with van der Waals surface area (Å²) < 4.78 is 32.3. The molecule has 0 saturated heterocycles. The third-order valence-corrected chi connectivity index (χ3v) is 3.98. The quantitative estimate of drug-likeness (QED) is 0.847. The van der Waals surface area contributed by atoms with Crippen LogP contribution in [0.15, 0.2) is 35.2 Å². The van der Waals surface area contributed by atoms with Crippen molar-refractivity contribution in [2.75, 3.05) is 19.0 Å². The lowest BCUT2D eigenvalue weighted by Crippen LogP contribution is -2.10. The number of benzene rings is 2. The summed E-state index contributed by atoms with van der Waals surface area (Å²) >= 11 is 0. The molecule has 0 amide bonds. The average Bonchev–Trinajstić information content (AvgIpc) is 2.25. The molecule has 18 heavy (non-hydrogen) atoms. The van der Waals surface area contributed by atoms with E-state index in [4.69, 9.17) is 0 Å². The van der Waals surface area contributed by atoms with Crippen molar-refractivity contribution in [3.8, 4) is 0 Å². The molecule has 0 heterocycles. The van der Waals surface area contributed by atoms with Gasteiger partial charge in [-0.1, -0.05) is 24.3 Å². The van der Waals surface area contributed by atoms with Crippen LogP contribution in [-0.4, -0.2) is 27.1 Å². The zero-order valence-corrected chi connectivity index (χ0v) is 11.3. The summed E-state index contributed by atoms with van der Waals surface area (Å²) in [7, 11) is -0.440. The summed E-state index contributed by atoms with van der Waals surface area (Å²) in [6.07, 6.45) is 0. The first kappa shape index (κ1) is 12.9. The van der Waals surface area contributed by atoms with Crippen molar-refractivity contribution in [1.29, 1.82) is 0 Å². The molecular formula is C13H15NO3S. The summed E-state index contributed by atoms with van der Waals surface area (Å²) in [5.41, 5.74) is 1.46. The SMILES string of the molecule is Cc1ccc2c(N(C)C)cccc2c1S(=O)(=O)O. The molecule has 0 atom stereocenters. The van der Waals surface area contributed by atoms with Crippen LogP contribution in [0.5, 0.6) is 0 Å². The molecule has 2 aromatic carbocycles. The molecule has 0 aliphatic rings. The van der Waals surface area contributed by atoms with E-state index >= 15 is 0 Å². The molecule has 0 radical (unpaired) electrons. The highest BCUT2D eigenvalue weighted by Gasteiger charge is 2.18. The molecule has 0 aromatic heterocycles. The second kappa shape index (κ2) is 4.26. The number of fused-ring (bicyclic) bond motifs is 1. The molecule has 0 aliphatic heterocycles. The second-order valence-corrected chi connectivity index (χ2v) is 5.81. The van der Waals surface area contributed by atoms with Crippen molar-refractivity contribution in [1.82, 2.24) is 0 Å². The molecule has 1 N–H and O–H groups in total. The Kier molecular flexibility index (Phi) is 3.04. The van der Waals surface area contributed by atoms with Crippen LogP contribution in [0, 0.1) is 6.92 Å². The maximum absolute atomic E-state index is 11.5. The average molecular weight is 265 g/mol. The first-order valence-corrected chi connectivity index (χ1v) is 6.93. The number of hydrogen-bond acceptors (Lipinski definition) is 3. The predicted octanol–water partition coefficient (Wildman–Crippen LogP) is 2.46. The Morgan fingerprint density at radius 3 is 2.28 bits per heavy atom. The van der Waals surface area contributed by atoms with Crippen LogP contribution in [0.2, 0.25) is 0 Å². The van der Waals surface area contributed by atoms with Crippen LogP contribution in [-0.2, 0) is 10.1 Å². The Bertz CT molecular complexity index is 705. The maximum atomic E-state index is 11.5. The molecule has 0 spiro atoms. The molecular weight excluding hydrogens is 250 g/mol. The van der Waals surface area contributed by atoms with Gasteiger partial charge in [-0.2, -0.15) is 8.42 Å². The summed E-state index contributed by atoms with van der Waals surface area (Å²) in [5.74, 6) is 0. The molecule has 4 nitrogen and oxygen atoms in total. The lowest BCUT2D eigenvalue weighted by Gasteiger charge is -2.17. The van der Waals surface area contributed by atoms with E-state index in [1.807, 2.05) is 31.1 Å². The van der Waals surface area contributed by atoms with Gasteiger partial charge in [0.2, 0.25) is 0 Å². The summed E-state index contributed by atoms with van der Waals surface area (Å²) in [6, 6.07) is 8.97. The fourth-order valence-corrected chi connectivity index (χ4v) is 3.09. The van der Waals surface area contributed by atoms with E-state index in [9.17, 15) is 13.0 Å². The van der Waals surface area contributed by atoms with Crippen molar-refractivity contribution in [2.24, 2.45) is 0 Å². The number of hydrogen-bond donors (Lipinski definition) is 1. The largest absolute Gasteiger partial charge is 0.377 e. The third kappa shape index (κ3) is 2.07. The molecule has 2 rings (SSSR count). The lowest BCUT2D eigenvalue weighted by molar-refractivity contribution is 0.483. The van der Waals surface area contributed by atoms with Gasteiger partial charge in [-0.3, -0.25) is 4.55 Å². The number of aryl methyl sites for hydroxylation is 1. The standard InChI is InChI=1S/C13H15NO3S/c1-9-7-8-10-11(13(9)18(15,16)17)5-4-6-12(10)14(2)3/h4-8H,1-3H3,(H,15,16,17). The molecule has 2 aromatic rings. The van der Waals surface area contributed by atoms with E-state index in [0.29, 0.717) is 10.9 Å². The topological polar surface area (TPSA) is 57.6 Å². The molecule has 96 valence electrons. The van der Waals surface area contributed by atoms with Gasteiger partial charge in [-0.25, -0.2) is 0 Å². The Hall–Kier alpha value is -1.59. The number of anilines is 1. The van der Waals surface area contributed by atoms with E-state index in [-0.39, 0.29) is 4.90 Å². The van der Waals surface area contributed by atoms with Crippen molar-refractivity contribution in [3.63, 3.8) is 0 Å². The van der Waals surface area contributed by atoms with E-state index in [1.165, 1.54) is 0 Å². The Balaban J connectivity index is 2.96. The highest BCUT2D eigenvalue weighted by molar-refractivity contribution is 7.86. The molecule has 0 aliphatic carbocycles. The van der Waals surface area contributed by atoms with E-state index in [2.05, 4.69) is 0 Å². The van der Waals surface area contributed by atoms with E-state index in [1.54, 1.807) is 25.1 Å². The van der Waals surface area contributed by atoms with Crippen LogP contribution in [0.4, 0.5) is 5.69 Å². The minimum Gasteiger partial charge on any atom is -0.377 e.